The van der Waals surface area contributed by atoms with Crippen molar-refractivity contribution in [2.24, 2.45) is 11.8 Å². The largest absolute Gasteiger partial charge is 0.458 e. The van der Waals surface area contributed by atoms with Crippen molar-refractivity contribution in [1.29, 1.82) is 0 Å². The standard InChI is InChI=1S/C24H30N8O4/c1-13(10-34-2)36-24-28-21(22(33)26-19-16-11-35-12-17(16)19)27-23(29-24)32-8-5-14(6-9-32)18-15-4-3-7-25-20(15)31-30-18/h3-4,7,13-14,16-17,19H,5-6,8-12H2,1-2H3,(H,26,33)(H,25,30,31)/t13?,16-,17+,19?. The Kier molecular flexibility index (Phi) is 6.13. The van der Waals surface area contributed by atoms with Gasteiger partial charge in [-0.15, -0.1) is 0 Å². The fourth-order valence-electron chi connectivity index (χ4n) is 5.31. The molecule has 2 saturated heterocycles. The van der Waals surface area contributed by atoms with Gasteiger partial charge in [-0.25, -0.2) is 4.98 Å². The smallest absolute Gasteiger partial charge is 0.322 e. The van der Waals surface area contributed by atoms with Crippen LogP contribution in [0.1, 0.15) is 42.0 Å². The van der Waals surface area contributed by atoms with Crippen molar-refractivity contribution in [3.63, 3.8) is 0 Å². The molecule has 3 aromatic rings. The number of nitrogens with zero attached hydrogens (tertiary/aromatic N) is 6. The van der Waals surface area contributed by atoms with Crippen molar-refractivity contribution in [3.8, 4) is 6.01 Å². The number of nitrogens with one attached hydrogen (secondary N) is 2. The number of fused-ring (bicyclic) bond motifs is 2. The number of ether oxygens (including phenoxy) is 3. The van der Waals surface area contributed by atoms with E-state index in [9.17, 15) is 4.79 Å². The quantitative estimate of drug-likeness (QED) is 0.471. The molecule has 4 atom stereocenters. The number of aromatic nitrogens is 6. The third-order valence-corrected chi connectivity index (χ3v) is 7.31. The van der Waals surface area contributed by atoms with Crippen molar-refractivity contribution in [2.75, 3.05) is 44.9 Å². The fraction of sp³-hybridized carbons (Fsp3) is 0.583. The molecule has 2 unspecified atom stereocenters. The fourth-order valence-corrected chi connectivity index (χ4v) is 5.31. The summed E-state index contributed by atoms with van der Waals surface area (Å²) in [5.74, 6) is 1.31. The summed E-state index contributed by atoms with van der Waals surface area (Å²) >= 11 is 0. The highest BCUT2D eigenvalue weighted by Gasteiger charge is 2.55. The lowest BCUT2D eigenvalue weighted by atomic mass is 9.92. The van der Waals surface area contributed by atoms with Crippen LogP contribution in [0.4, 0.5) is 5.95 Å². The lowest BCUT2D eigenvalue weighted by molar-refractivity contribution is 0.0835. The maximum atomic E-state index is 13.0. The second kappa shape index (κ2) is 9.58. The SMILES string of the molecule is COCC(C)Oc1nc(C(=O)NC2[C@H]3COC[C@@H]23)nc(N2CCC(c3[nH]nc4ncccc34)CC2)n1. The minimum absolute atomic E-state index is 0.0678. The first kappa shape index (κ1) is 23.0. The number of carbonyl (C=O) groups is 1. The highest BCUT2D eigenvalue weighted by Crippen LogP contribution is 2.44. The zero-order valence-electron chi connectivity index (χ0n) is 20.4. The summed E-state index contributed by atoms with van der Waals surface area (Å²) in [4.78, 5) is 32.9. The zero-order chi connectivity index (χ0) is 24.6. The zero-order valence-corrected chi connectivity index (χ0v) is 20.4. The molecule has 3 aromatic heterocycles. The van der Waals surface area contributed by atoms with Gasteiger partial charge in [0.25, 0.3) is 5.91 Å². The summed E-state index contributed by atoms with van der Waals surface area (Å²) in [6, 6.07) is 4.23. The van der Waals surface area contributed by atoms with E-state index in [0.29, 0.717) is 43.5 Å². The molecule has 1 amide bonds. The maximum absolute atomic E-state index is 13.0. The number of hydrogen-bond acceptors (Lipinski definition) is 10. The third kappa shape index (κ3) is 4.46. The summed E-state index contributed by atoms with van der Waals surface area (Å²) in [7, 11) is 1.61. The Hall–Kier alpha value is -3.38. The molecular formula is C24H30N8O4. The van der Waals surface area contributed by atoms with Gasteiger partial charge < -0.3 is 24.4 Å². The molecule has 0 bridgehead atoms. The van der Waals surface area contributed by atoms with Gasteiger partial charge in [0.2, 0.25) is 11.8 Å². The van der Waals surface area contributed by atoms with Gasteiger partial charge in [0.1, 0.15) is 6.10 Å². The molecule has 6 rings (SSSR count). The second-order valence-electron chi connectivity index (χ2n) is 9.76. The summed E-state index contributed by atoms with van der Waals surface area (Å²) in [6.45, 7) is 5.09. The first-order chi connectivity index (χ1) is 17.6. The Labute approximate surface area is 208 Å². The van der Waals surface area contributed by atoms with E-state index in [1.165, 1.54) is 0 Å². The van der Waals surface area contributed by atoms with E-state index >= 15 is 0 Å². The van der Waals surface area contributed by atoms with Crippen LogP contribution >= 0.6 is 0 Å². The Morgan fingerprint density at radius 3 is 2.83 bits per heavy atom. The van der Waals surface area contributed by atoms with E-state index in [-0.39, 0.29) is 29.9 Å². The molecule has 1 saturated carbocycles. The second-order valence-corrected chi connectivity index (χ2v) is 9.76. The summed E-state index contributed by atoms with van der Waals surface area (Å²) in [5.41, 5.74) is 1.85. The predicted molar refractivity (Wildman–Crippen MR) is 129 cm³/mol. The Morgan fingerprint density at radius 1 is 1.25 bits per heavy atom. The van der Waals surface area contributed by atoms with E-state index < -0.39 is 0 Å². The average molecular weight is 495 g/mol. The lowest BCUT2D eigenvalue weighted by Gasteiger charge is -2.31. The van der Waals surface area contributed by atoms with Crippen LogP contribution in [-0.2, 0) is 9.47 Å². The number of piperidine rings is 1. The van der Waals surface area contributed by atoms with Crippen LogP contribution in [0.2, 0.25) is 0 Å². The van der Waals surface area contributed by atoms with E-state index in [0.717, 1.165) is 42.7 Å². The van der Waals surface area contributed by atoms with E-state index in [2.05, 4.69) is 46.4 Å². The van der Waals surface area contributed by atoms with E-state index in [1.807, 2.05) is 13.0 Å². The molecule has 2 N–H and O–H groups in total. The first-order valence-electron chi connectivity index (χ1n) is 12.4. The van der Waals surface area contributed by atoms with Crippen LogP contribution in [-0.4, -0.2) is 88.2 Å². The molecule has 3 fully saturated rings. The highest BCUT2D eigenvalue weighted by atomic mass is 16.5. The molecule has 2 aliphatic heterocycles. The van der Waals surface area contributed by atoms with Gasteiger partial charge in [-0.3, -0.25) is 9.89 Å². The maximum Gasteiger partial charge on any atom is 0.322 e. The molecule has 0 spiro atoms. The summed E-state index contributed by atoms with van der Waals surface area (Å²) in [5, 5.41) is 11.6. The third-order valence-electron chi connectivity index (χ3n) is 7.31. The van der Waals surface area contributed by atoms with Crippen molar-refractivity contribution >= 4 is 22.9 Å². The topological polar surface area (TPSA) is 140 Å². The number of methoxy groups -OCH3 is 1. The number of rotatable bonds is 8. The first-order valence-corrected chi connectivity index (χ1v) is 12.4. The van der Waals surface area contributed by atoms with Gasteiger partial charge in [-0.2, -0.15) is 20.1 Å². The number of pyridine rings is 1. The van der Waals surface area contributed by atoms with Crippen LogP contribution < -0.4 is 15.0 Å². The van der Waals surface area contributed by atoms with Gasteiger partial charge >= 0.3 is 6.01 Å². The number of aromatic amines is 1. The van der Waals surface area contributed by atoms with Crippen molar-refractivity contribution in [2.45, 2.75) is 37.8 Å². The van der Waals surface area contributed by atoms with E-state index in [4.69, 9.17) is 14.2 Å². The number of hydrogen-bond donors (Lipinski definition) is 2. The van der Waals surface area contributed by atoms with Gasteiger partial charge in [-0.05, 0) is 31.9 Å². The monoisotopic (exact) mass is 494 g/mol. The summed E-state index contributed by atoms with van der Waals surface area (Å²) in [6.07, 6.45) is 3.26. The van der Waals surface area contributed by atoms with Crippen LogP contribution in [0.5, 0.6) is 6.01 Å². The average Bonchev–Trinajstić information content (AvgIpc) is 3.23. The minimum atomic E-state index is -0.311. The Balaban J connectivity index is 1.19. The normalized spacial score (nSPS) is 24.5. The van der Waals surface area contributed by atoms with Gasteiger partial charge in [0.05, 0.1) is 19.8 Å². The highest BCUT2D eigenvalue weighted by molar-refractivity contribution is 5.91. The Bertz CT molecular complexity index is 1230. The molecule has 12 nitrogen and oxygen atoms in total. The van der Waals surface area contributed by atoms with E-state index in [1.54, 1.807) is 13.3 Å². The molecule has 0 aromatic carbocycles. The number of H-pyrrole nitrogens is 1. The number of carbonyl (C=O) groups excluding carboxylic acids is 1. The lowest BCUT2D eigenvalue weighted by Crippen LogP contribution is -2.36. The molecule has 3 aliphatic rings. The van der Waals surface area contributed by atoms with Crippen LogP contribution in [0.15, 0.2) is 18.3 Å². The van der Waals surface area contributed by atoms with Crippen molar-refractivity contribution in [3.05, 3.63) is 29.8 Å². The van der Waals surface area contributed by atoms with Crippen LogP contribution in [0.3, 0.4) is 0 Å². The molecule has 1 aliphatic carbocycles. The number of anilines is 1. The van der Waals surface area contributed by atoms with Crippen molar-refractivity contribution < 1.29 is 19.0 Å². The summed E-state index contributed by atoms with van der Waals surface area (Å²) < 4.78 is 16.5. The van der Waals surface area contributed by atoms with Crippen LogP contribution in [0, 0.1) is 11.8 Å². The van der Waals surface area contributed by atoms with Crippen LogP contribution in [0.25, 0.3) is 11.0 Å². The van der Waals surface area contributed by atoms with Crippen molar-refractivity contribution in [1.82, 2.24) is 35.5 Å². The van der Waals surface area contributed by atoms with Gasteiger partial charge in [0, 0.05) is 61.3 Å². The molecular weight excluding hydrogens is 464 g/mol. The number of amides is 1. The predicted octanol–water partition coefficient (Wildman–Crippen LogP) is 1.32. The minimum Gasteiger partial charge on any atom is -0.458 e. The molecule has 12 heteroatoms. The molecule has 0 radical (unpaired) electrons. The van der Waals surface area contributed by atoms with Gasteiger partial charge in [-0.1, -0.05) is 0 Å². The molecule has 36 heavy (non-hydrogen) atoms. The Morgan fingerprint density at radius 2 is 2.06 bits per heavy atom. The van der Waals surface area contributed by atoms with Gasteiger partial charge in [0.15, 0.2) is 5.65 Å². The molecule has 5 heterocycles. The molecule has 190 valence electrons.